The van der Waals surface area contributed by atoms with E-state index in [9.17, 15) is 9.59 Å². The standard InChI is InChI=1S/C11H5N3O3/c12-5-6-1-3-7(4-2-6)8-9(10(15)16)14-11(17)13-8/h1-4H,(H,15,16). The van der Waals surface area contributed by atoms with E-state index in [0.717, 1.165) is 0 Å². The molecule has 0 spiro atoms. The van der Waals surface area contributed by atoms with Crippen LogP contribution in [0.5, 0.6) is 0 Å². The van der Waals surface area contributed by atoms with Crippen molar-refractivity contribution in [2.45, 2.75) is 0 Å². The predicted octanol–water partition coefficient (Wildman–Crippen LogP) is 1.01. The minimum atomic E-state index is -1.31. The molecule has 0 saturated carbocycles. The number of hydrogen-bond donors (Lipinski definition) is 1. The Hall–Kier alpha value is -2.81. The highest BCUT2D eigenvalue weighted by Crippen LogP contribution is 2.11. The van der Waals surface area contributed by atoms with E-state index in [1.54, 1.807) is 0 Å². The Bertz CT molecular complexity index is 606. The first kappa shape index (κ1) is 10.7. The number of aliphatic carboxylic acids is 1. The quantitative estimate of drug-likeness (QED) is 0.813. The maximum absolute atomic E-state index is 11.0. The van der Waals surface area contributed by atoms with E-state index < -0.39 is 12.0 Å². The third-order valence-corrected chi connectivity index (χ3v) is 2.13. The maximum Gasteiger partial charge on any atom is 0.368 e. The Balaban J connectivity index is 2.44. The highest BCUT2D eigenvalue weighted by Gasteiger charge is 2.26. The van der Waals surface area contributed by atoms with Gasteiger partial charge in [-0.25, -0.2) is 9.59 Å². The number of nitriles is 1. The third-order valence-electron chi connectivity index (χ3n) is 2.13. The molecule has 0 unspecified atom stereocenters. The summed E-state index contributed by atoms with van der Waals surface area (Å²) >= 11 is 0. The number of benzene rings is 1. The monoisotopic (exact) mass is 227 g/mol. The van der Waals surface area contributed by atoms with Gasteiger partial charge in [0.2, 0.25) is 0 Å². The van der Waals surface area contributed by atoms with Crippen LogP contribution in [-0.4, -0.2) is 28.5 Å². The van der Waals surface area contributed by atoms with Gasteiger partial charge in [-0.2, -0.15) is 15.2 Å². The first-order valence-electron chi connectivity index (χ1n) is 4.57. The topological polar surface area (TPSA) is 103 Å². The summed E-state index contributed by atoms with van der Waals surface area (Å²) in [6, 6.07) is 7.17. The van der Waals surface area contributed by atoms with Crippen LogP contribution < -0.4 is 0 Å². The molecule has 0 atom stereocenters. The van der Waals surface area contributed by atoms with Crippen LogP contribution in [0.2, 0.25) is 0 Å². The van der Waals surface area contributed by atoms with Crippen molar-refractivity contribution in [1.82, 2.24) is 0 Å². The number of carboxylic acids is 1. The van der Waals surface area contributed by atoms with Gasteiger partial charge >= 0.3 is 12.0 Å². The lowest BCUT2D eigenvalue weighted by atomic mass is 10.0. The zero-order chi connectivity index (χ0) is 12.4. The minimum Gasteiger partial charge on any atom is -0.476 e. The predicted molar refractivity (Wildman–Crippen MR) is 58.2 cm³/mol. The Morgan fingerprint density at radius 3 is 2.41 bits per heavy atom. The van der Waals surface area contributed by atoms with Gasteiger partial charge in [-0.3, -0.25) is 0 Å². The number of hydrogen-bond acceptors (Lipinski definition) is 3. The van der Waals surface area contributed by atoms with Crippen molar-refractivity contribution in [2.75, 3.05) is 0 Å². The largest absolute Gasteiger partial charge is 0.476 e. The molecule has 1 heterocycles. The number of amides is 2. The Kier molecular flexibility index (Phi) is 2.51. The van der Waals surface area contributed by atoms with Crippen molar-refractivity contribution >= 4 is 23.4 Å². The van der Waals surface area contributed by atoms with E-state index in [-0.39, 0.29) is 11.4 Å². The summed E-state index contributed by atoms with van der Waals surface area (Å²) in [5.74, 6) is -1.31. The van der Waals surface area contributed by atoms with E-state index >= 15 is 0 Å². The van der Waals surface area contributed by atoms with Gasteiger partial charge in [0, 0.05) is 5.56 Å². The van der Waals surface area contributed by atoms with Crippen LogP contribution in [0.3, 0.4) is 0 Å². The first-order chi connectivity index (χ1) is 8.11. The lowest BCUT2D eigenvalue weighted by Crippen LogP contribution is -2.22. The molecule has 0 bridgehead atoms. The summed E-state index contributed by atoms with van der Waals surface area (Å²) in [5.41, 5.74) is 0.523. The molecule has 0 radical (unpaired) electrons. The van der Waals surface area contributed by atoms with E-state index in [2.05, 4.69) is 9.98 Å². The number of aliphatic imine (C=N–C) groups is 2. The fourth-order valence-corrected chi connectivity index (χ4v) is 1.38. The van der Waals surface area contributed by atoms with Crippen LogP contribution in [0.25, 0.3) is 0 Å². The molecule has 0 saturated heterocycles. The van der Waals surface area contributed by atoms with Crippen LogP contribution in [0.1, 0.15) is 11.1 Å². The number of rotatable bonds is 2. The smallest absolute Gasteiger partial charge is 0.368 e. The third kappa shape index (κ3) is 1.94. The molecule has 1 aliphatic heterocycles. The fourth-order valence-electron chi connectivity index (χ4n) is 1.38. The molecule has 2 rings (SSSR count). The van der Waals surface area contributed by atoms with Crippen molar-refractivity contribution in [2.24, 2.45) is 9.98 Å². The molecule has 1 aromatic rings. The van der Waals surface area contributed by atoms with Crippen LogP contribution >= 0.6 is 0 Å². The summed E-state index contributed by atoms with van der Waals surface area (Å²) in [6.45, 7) is 0. The van der Waals surface area contributed by atoms with Gasteiger partial charge in [-0.05, 0) is 12.1 Å². The van der Waals surface area contributed by atoms with Gasteiger partial charge in [-0.1, -0.05) is 12.1 Å². The molecule has 17 heavy (non-hydrogen) atoms. The summed E-state index contributed by atoms with van der Waals surface area (Å²) < 4.78 is 0. The lowest BCUT2D eigenvalue weighted by molar-refractivity contribution is -0.129. The van der Waals surface area contributed by atoms with Crippen LogP contribution in [0.4, 0.5) is 4.79 Å². The van der Waals surface area contributed by atoms with Gasteiger partial charge in [0.15, 0.2) is 5.71 Å². The molecule has 0 aliphatic carbocycles. The molecular formula is C11H5N3O3. The molecule has 0 aromatic heterocycles. The van der Waals surface area contributed by atoms with Crippen LogP contribution in [-0.2, 0) is 4.79 Å². The van der Waals surface area contributed by atoms with Gasteiger partial charge in [0.05, 0.1) is 11.6 Å². The Morgan fingerprint density at radius 2 is 1.88 bits per heavy atom. The zero-order valence-electron chi connectivity index (χ0n) is 8.41. The second kappa shape index (κ2) is 3.98. The molecule has 1 N–H and O–H groups in total. The SMILES string of the molecule is N#Cc1ccc(C2=NC(=O)N=C2C(=O)O)cc1. The van der Waals surface area contributed by atoms with Crippen molar-refractivity contribution in [3.63, 3.8) is 0 Å². The number of carboxylic acid groups (broad SMARTS) is 1. The average Bonchev–Trinajstić information content (AvgIpc) is 2.72. The molecule has 6 nitrogen and oxygen atoms in total. The molecule has 2 amide bonds. The summed E-state index contributed by atoms with van der Waals surface area (Å²) in [7, 11) is 0. The van der Waals surface area contributed by atoms with Crippen molar-refractivity contribution in [1.29, 1.82) is 5.26 Å². The van der Waals surface area contributed by atoms with Gasteiger partial charge in [0.25, 0.3) is 0 Å². The second-order valence-corrected chi connectivity index (χ2v) is 3.20. The van der Waals surface area contributed by atoms with Crippen LogP contribution in [0, 0.1) is 11.3 Å². The summed E-state index contributed by atoms with van der Waals surface area (Å²) in [6.07, 6.45) is 0. The number of nitrogens with zero attached hydrogens (tertiary/aromatic N) is 3. The van der Waals surface area contributed by atoms with Crippen molar-refractivity contribution < 1.29 is 14.7 Å². The number of carbonyl (C=O) groups excluding carboxylic acids is 1. The molecule has 0 fully saturated rings. The van der Waals surface area contributed by atoms with E-state index in [4.69, 9.17) is 10.4 Å². The molecule has 1 aromatic carbocycles. The zero-order valence-corrected chi connectivity index (χ0v) is 8.41. The first-order valence-corrected chi connectivity index (χ1v) is 4.57. The highest BCUT2D eigenvalue weighted by atomic mass is 16.4. The summed E-state index contributed by atoms with van der Waals surface area (Å²) in [5, 5.41) is 17.5. The lowest BCUT2D eigenvalue weighted by Gasteiger charge is -2.00. The van der Waals surface area contributed by atoms with E-state index in [1.807, 2.05) is 6.07 Å². The van der Waals surface area contributed by atoms with E-state index in [1.165, 1.54) is 24.3 Å². The summed E-state index contributed by atoms with van der Waals surface area (Å²) in [4.78, 5) is 28.6. The van der Waals surface area contributed by atoms with Crippen molar-refractivity contribution in [3.05, 3.63) is 35.4 Å². The number of carbonyl (C=O) groups is 2. The highest BCUT2D eigenvalue weighted by molar-refractivity contribution is 6.71. The van der Waals surface area contributed by atoms with Gasteiger partial charge in [-0.15, -0.1) is 0 Å². The normalized spacial score (nSPS) is 13.9. The Morgan fingerprint density at radius 1 is 1.24 bits per heavy atom. The van der Waals surface area contributed by atoms with Gasteiger partial charge < -0.3 is 5.11 Å². The number of urea groups is 1. The molecular weight excluding hydrogens is 222 g/mol. The fraction of sp³-hybridized carbons (Fsp3) is 0. The second-order valence-electron chi connectivity index (χ2n) is 3.20. The maximum atomic E-state index is 11.0. The van der Waals surface area contributed by atoms with Crippen molar-refractivity contribution in [3.8, 4) is 6.07 Å². The minimum absolute atomic E-state index is 0.0204. The van der Waals surface area contributed by atoms with Gasteiger partial charge in [0.1, 0.15) is 5.71 Å². The molecule has 6 heteroatoms. The molecule has 1 aliphatic rings. The average molecular weight is 227 g/mol. The van der Waals surface area contributed by atoms with Crippen LogP contribution in [0.15, 0.2) is 34.3 Å². The molecule has 82 valence electrons. The Labute approximate surface area is 95.6 Å². The van der Waals surface area contributed by atoms with E-state index in [0.29, 0.717) is 11.1 Å².